The van der Waals surface area contributed by atoms with E-state index in [9.17, 15) is 4.79 Å². The summed E-state index contributed by atoms with van der Waals surface area (Å²) in [5.41, 5.74) is 0.994. The zero-order valence-electron chi connectivity index (χ0n) is 15.1. The molecule has 0 saturated heterocycles. The molecule has 2 N–H and O–H groups in total. The van der Waals surface area contributed by atoms with Crippen LogP contribution in [-0.4, -0.2) is 32.2 Å². The van der Waals surface area contributed by atoms with E-state index in [1.54, 1.807) is 29.3 Å². The number of carbonyl (C=O) groups is 1. The Kier molecular flexibility index (Phi) is 5.64. The van der Waals surface area contributed by atoms with Gasteiger partial charge in [0.2, 0.25) is 0 Å². The lowest BCUT2D eigenvalue weighted by Crippen LogP contribution is -2.27. The van der Waals surface area contributed by atoms with E-state index in [4.69, 9.17) is 27.6 Å². The minimum Gasteiger partial charge on any atom is -0.467 e. The number of amides is 1. The third-order valence-electron chi connectivity index (χ3n) is 4.23. The zero-order chi connectivity index (χ0) is 20.2. The van der Waals surface area contributed by atoms with Crippen LogP contribution < -0.4 is 10.6 Å². The van der Waals surface area contributed by atoms with E-state index in [0.29, 0.717) is 46.7 Å². The number of halogens is 2. The van der Waals surface area contributed by atoms with Crippen LogP contribution >= 0.6 is 23.2 Å². The number of nitrogens with one attached hydrogen (secondary N) is 2. The van der Waals surface area contributed by atoms with Gasteiger partial charge in [-0.25, -0.2) is 14.6 Å². The molecule has 0 bridgehead atoms. The number of furan rings is 1. The lowest BCUT2D eigenvalue weighted by molar-refractivity contribution is 0.0952. The summed E-state index contributed by atoms with van der Waals surface area (Å²) in [7, 11) is 0. The second-order valence-electron chi connectivity index (χ2n) is 6.14. The summed E-state index contributed by atoms with van der Waals surface area (Å²) in [5, 5.41) is 12.0. The van der Waals surface area contributed by atoms with Gasteiger partial charge in [0, 0.05) is 11.6 Å². The van der Waals surface area contributed by atoms with Gasteiger partial charge >= 0.3 is 0 Å². The molecule has 0 atom stereocenters. The Morgan fingerprint density at radius 3 is 2.93 bits per heavy atom. The fourth-order valence-electron chi connectivity index (χ4n) is 2.82. The number of fused-ring (bicyclic) bond motifs is 1. The van der Waals surface area contributed by atoms with Gasteiger partial charge in [0.15, 0.2) is 5.65 Å². The molecule has 0 aliphatic rings. The van der Waals surface area contributed by atoms with Crippen LogP contribution in [0.25, 0.3) is 11.0 Å². The Labute approximate surface area is 175 Å². The molecule has 8 nitrogen and oxygen atoms in total. The predicted octanol–water partition coefficient (Wildman–Crippen LogP) is 3.77. The van der Waals surface area contributed by atoms with Gasteiger partial charge in [-0.1, -0.05) is 23.2 Å². The van der Waals surface area contributed by atoms with E-state index in [0.717, 1.165) is 11.1 Å². The van der Waals surface area contributed by atoms with E-state index < -0.39 is 0 Å². The van der Waals surface area contributed by atoms with Crippen molar-refractivity contribution in [2.75, 3.05) is 11.9 Å². The summed E-state index contributed by atoms with van der Waals surface area (Å²) in [6.45, 7) is 1.28. The van der Waals surface area contributed by atoms with Crippen LogP contribution in [0.5, 0.6) is 0 Å². The van der Waals surface area contributed by atoms with Gasteiger partial charge in [-0.2, -0.15) is 5.10 Å². The van der Waals surface area contributed by atoms with Crippen LogP contribution in [-0.2, 0) is 13.1 Å². The molecule has 0 radical (unpaired) electrons. The normalized spacial score (nSPS) is 11.0. The Hall–Kier alpha value is -3.10. The first-order chi connectivity index (χ1) is 14.1. The largest absolute Gasteiger partial charge is 0.467 e. The van der Waals surface area contributed by atoms with E-state index in [1.165, 1.54) is 12.4 Å². The summed E-state index contributed by atoms with van der Waals surface area (Å²) < 4.78 is 7.02. The highest BCUT2D eigenvalue weighted by Crippen LogP contribution is 2.21. The quantitative estimate of drug-likeness (QED) is 0.463. The van der Waals surface area contributed by atoms with Crippen molar-refractivity contribution < 1.29 is 9.21 Å². The lowest BCUT2D eigenvalue weighted by atomic mass is 10.2. The molecular formula is C19H16Cl2N6O2. The number of carbonyl (C=O) groups excluding carboxylic acids is 1. The maximum absolute atomic E-state index is 12.3. The van der Waals surface area contributed by atoms with Gasteiger partial charge in [0.1, 0.15) is 17.9 Å². The molecule has 4 aromatic rings. The van der Waals surface area contributed by atoms with Crippen LogP contribution in [0, 0.1) is 0 Å². The van der Waals surface area contributed by atoms with Gasteiger partial charge in [-0.05, 0) is 30.3 Å². The van der Waals surface area contributed by atoms with Crippen LogP contribution in [0.2, 0.25) is 10.0 Å². The summed E-state index contributed by atoms with van der Waals surface area (Å²) in [6, 6.07) is 8.47. The van der Waals surface area contributed by atoms with Crippen molar-refractivity contribution in [3.8, 4) is 0 Å². The maximum atomic E-state index is 12.3. The number of rotatable bonds is 7. The average Bonchev–Trinajstić information content (AvgIpc) is 3.38. The fourth-order valence-corrected chi connectivity index (χ4v) is 3.20. The van der Waals surface area contributed by atoms with Crippen molar-refractivity contribution in [3.63, 3.8) is 0 Å². The summed E-state index contributed by atoms with van der Waals surface area (Å²) in [5.74, 6) is 1.16. The molecule has 10 heteroatoms. The summed E-state index contributed by atoms with van der Waals surface area (Å²) in [6.07, 6.45) is 4.78. The van der Waals surface area contributed by atoms with E-state index in [1.807, 2.05) is 12.1 Å². The van der Waals surface area contributed by atoms with Crippen LogP contribution in [0.15, 0.2) is 53.5 Å². The molecule has 148 valence electrons. The minimum absolute atomic E-state index is 0.301. The second-order valence-corrected chi connectivity index (χ2v) is 6.98. The molecule has 0 saturated carbocycles. The topological polar surface area (TPSA) is 97.9 Å². The van der Waals surface area contributed by atoms with Gasteiger partial charge in [0.05, 0.1) is 41.5 Å². The summed E-state index contributed by atoms with van der Waals surface area (Å²) >= 11 is 12.0. The number of aromatic nitrogens is 4. The van der Waals surface area contributed by atoms with Crippen molar-refractivity contribution in [1.82, 2.24) is 25.1 Å². The van der Waals surface area contributed by atoms with Crippen molar-refractivity contribution >= 4 is 46.0 Å². The van der Waals surface area contributed by atoms with E-state index in [2.05, 4.69) is 25.7 Å². The first kappa shape index (κ1) is 19.2. The minimum atomic E-state index is -0.301. The molecule has 0 spiro atoms. The monoisotopic (exact) mass is 430 g/mol. The highest BCUT2D eigenvalue weighted by molar-refractivity contribution is 6.35. The number of anilines is 1. The molecule has 1 amide bonds. The maximum Gasteiger partial charge on any atom is 0.252 e. The molecule has 3 heterocycles. The third kappa shape index (κ3) is 4.33. The Bertz CT molecular complexity index is 1140. The fraction of sp³-hybridized carbons (Fsp3) is 0.158. The number of hydrogen-bond acceptors (Lipinski definition) is 6. The van der Waals surface area contributed by atoms with Crippen LogP contribution in [0.3, 0.4) is 0 Å². The molecule has 1 aromatic carbocycles. The van der Waals surface area contributed by atoms with Gasteiger partial charge < -0.3 is 15.1 Å². The second kappa shape index (κ2) is 8.50. The highest BCUT2D eigenvalue weighted by atomic mass is 35.5. The third-order valence-corrected chi connectivity index (χ3v) is 4.79. The molecule has 3 aromatic heterocycles. The lowest BCUT2D eigenvalue weighted by Gasteiger charge is -2.08. The van der Waals surface area contributed by atoms with E-state index in [-0.39, 0.29) is 5.91 Å². The highest BCUT2D eigenvalue weighted by Gasteiger charge is 2.13. The molecule has 4 rings (SSSR count). The van der Waals surface area contributed by atoms with Gasteiger partial charge in [-0.3, -0.25) is 4.79 Å². The Balaban J connectivity index is 1.41. The Morgan fingerprint density at radius 2 is 2.10 bits per heavy atom. The molecular weight excluding hydrogens is 415 g/mol. The van der Waals surface area contributed by atoms with Crippen molar-refractivity contribution in [2.45, 2.75) is 13.1 Å². The first-order valence-corrected chi connectivity index (χ1v) is 9.53. The standard InChI is InChI=1S/C19H16Cl2N6O2/c20-12-3-4-16(21)14(8-12)19(28)22-5-6-27-18-15(10-26-27)17(24-11-25-18)23-9-13-2-1-7-29-13/h1-4,7-8,10-11H,5-6,9H2,(H,22,28)(H,23,24,25). The molecule has 0 aliphatic heterocycles. The van der Waals surface area contributed by atoms with Crippen LogP contribution in [0.1, 0.15) is 16.1 Å². The van der Waals surface area contributed by atoms with Crippen molar-refractivity contribution in [3.05, 3.63) is 70.5 Å². The summed E-state index contributed by atoms with van der Waals surface area (Å²) in [4.78, 5) is 20.9. The SMILES string of the molecule is O=C(NCCn1ncc2c(NCc3ccco3)ncnc21)c1cc(Cl)ccc1Cl. The van der Waals surface area contributed by atoms with Gasteiger partial charge in [0.25, 0.3) is 5.91 Å². The average molecular weight is 431 g/mol. The molecule has 0 fully saturated rings. The van der Waals surface area contributed by atoms with Crippen LogP contribution in [0.4, 0.5) is 5.82 Å². The zero-order valence-corrected chi connectivity index (χ0v) is 16.6. The van der Waals surface area contributed by atoms with Crippen molar-refractivity contribution in [1.29, 1.82) is 0 Å². The van der Waals surface area contributed by atoms with Gasteiger partial charge in [-0.15, -0.1) is 0 Å². The Morgan fingerprint density at radius 1 is 1.21 bits per heavy atom. The smallest absolute Gasteiger partial charge is 0.252 e. The number of nitrogens with zero attached hydrogens (tertiary/aromatic N) is 4. The molecule has 29 heavy (non-hydrogen) atoms. The number of hydrogen-bond donors (Lipinski definition) is 2. The first-order valence-electron chi connectivity index (χ1n) is 8.78. The predicted molar refractivity (Wildman–Crippen MR) is 110 cm³/mol. The molecule has 0 unspecified atom stereocenters. The van der Waals surface area contributed by atoms with E-state index >= 15 is 0 Å². The molecule has 0 aliphatic carbocycles. The number of benzene rings is 1. The van der Waals surface area contributed by atoms with Crippen molar-refractivity contribution in [2.24, 2.45) is 0 Å².